The average molecular weight is 225 g/mol. The predicted octanol–water partition coefficient (Wildman–Crippen LogP) is 1.10. The first-order valence-electron chi connectivity index (χ1n) is 5.41. The summed E-state index contributed by atoms with van der Waals surface area (Å²) in [6.07, 6.45) is 1.35. The van der Waals surface area contributed by atoms with E-state index in [9.17, 15) is 4.79 Å². The lowest BCUT2D eigenvalue weighted by Gasteiger charge is -2.20. The summed E-state index contributed by atoms with van der Waals surface area (Å²) >= 11 is 0. The molecule has 1 atom stereocenters. The first-order chi connectivity index (χ1) is 7.54. The van der Waals surface area contributed by atoms with Crippen LogP contribution in [0.15, 0.2) is 6.20 Å². The van der Waals surface area contributed by atoms with Crippen LogP contribution in [0.25, 0.3) is 0 Å². The van der Waals surface area contributed by atoms with Crippen LogP contribution >= 0.6 is 0 Å². The van der Waals surface area contributed by atoms with E-state index in [-0.39, 0.29) is 5.91 Å². The van der Waals surface area contributed by atoms with E-state index in [4.69, 9.17) is 4.74 Å². The van der Waals surface area contributed by atoms with Gasteiger partial charge in [-0.3, -0.25) is 4.79 Å². The molecule has 16 heavy (non-hydrogen) atoms. The number of amides is 1. The molecule has 1 N–H and O–H groups in total. The summed E-state index contributed by atoms with van der Waals surface area (Å²) in [5.74, 6) is 0.757. The van der Waals surface area contributed by atoms with Gasteiger partial charge in [-0.05, 0) is 20.8 Å². The molecule has 1 aromatic rings. The Kier molecular flexibility index (Phi) is 4.49. The van der Waals surface area contributed by atoms with Gasteiger partial charge in [0.05, 0.1) is 6.54 Å². The Balaban J connectivity index is 2.51. The molecule has 1 aromatic heterocycles. The van der Waals surface area contributed by atoms with Crippen molar-refractivity contribution in [1.82, 2.24) is 14.9 Å². The average Bonchev–Trinajstić information content (AvgIpc) is 2.63. The maximum atomic E-state index is 11.8. The van der Waals surface area contributed by atoms with Gasteiger partial charge in [0.15, 0.2) is 0 Å². The van der Waals surface area contributed by atoms with Crippen molar-refractivity contribution in [3.8, 4) is 0 Å². The van der Waals surface area contributed by atoms with E-state index in [1.165, 1.54) is 0 Å². The number of nitrogens with one attached hydrogen (secondary N) is 1. The highest BCUT2D eigenvalue weighted by Gasteiger charge is 2.18. The lowest BCUT2D eigenvalue weighted by Crippen LogP contribution is -2.36. The van der Waals surface area contributed by atoms with Gasteiger partial charge in [-0.25, -0.2) is 4.98 Å². The Bertz CT molecular complexity index is 349. The fourth-order valence-electron chi connectivity index (χ4n) is 1.48. The molecule has 0 aliphatic carbocycles. The number of likely N-dealkylation sites (N-methyl/N-ethyl adjacent to an activating group) is 1. The number of aryl methyl sites for hydroxylation is 1. The third kappa shape index (κ3) is 3.34. The number of hydrogen-bond donors (Lipinski definition) is 1. The Morgan fingerprint density at radius 3 is 2.88 bits per heavy atom. The zero-order chi connectivity index (χ0) is 12.1. The Labute approximate surface area is 95.8 Å². The van der Waals surface area contributed by atoms with Gasteiger partial charge in [-0.15, -0.1) is 0 Å². The number of imidazole rings is 1. The predicted molar refractivity (Wildman–Crippen MR) is 60.9 cm³/mol. The molecular weight excluding hydrogens is 206 g/mol. The van der Waals surface area contributed by atoms with Crippen molar-refractivity contribution in [2.45, 2.75) is 33.4 Å². The van der Waals surface area contributed by atoms with E-state index in [0.717, 1.165) is 11.5 Å². The van der Waals surface area contributed by atoms with Crippen LogP contribution < -0.4 is 0 Å². The van der Waals surface area contributed by atoms with Gasteiger partial charge in [0, 0.05) is 25.5 Å². The first kappa shape index (κ1) is 12.7. The zero-order valence-electron chi connectivity index (χ0n) is 10.3. The second-order valence-electron chi connectivity index (χ2n) is 3.80. The van der Waals surface area contributed by atoms with Gasteiger partial charge >= 0.3 is 0 Å². The van der Waals surface area contributed by atoms with Crippen LogP contribution in [0.3, 0.4) is 0 Å². The Hall–Kier alpha value is -1.36. The molecular formula is C11H19N3O2. The number of ether oxygens (including phenoxy) is 1. The van der Waals surface area contributed by atoms with Gasteiger partial charge in [0.1, 0.15) is 11.9 Å². The quantitative estimate of drug-likeness (QED) is 0.816. The second-order valence-corrected chi connectivity index (χ2v) is 3.80. The highest BCUT2D eigenvalue weighted by atomic mass is 16.5. The minimum Gasteiger partial charge on any atom is -0.369 e. The number of aromatic amines is 1. The van der Waals surface area contributed by atoms with Crippen molar-refractivity contribution in [2.75, 3.05) is 13.7 Å². The third-order valence-corrected chi connectivity index (χ3v) is 2.28. The van der Waals surface area contributed by atoms with E-state index in [1.54, 1.807) is 25.1 Å². The van der Waals surface area contributed by atoms with Gasteiger partial charge < -0.3 is 14.6 Å². The molecule has 90 valence electrons. The van der Waals surface area contributed by atoms with E-state index < -0.39 is 6.10 Å². The summed E-state index contributed by atoms with van der Waals surface area (Å²) < 4.78 is 5.25. The monoisotopic (exact) mass is 225 g/mol. The topological polar surface area (TPSA) is 58.2 Å². The fraction of sp³-hybridized carbons (Fsp3) is 0.636. The summed E-state index contributed by atoms with van der Waals surface area (Å²) in [6, 6.07) is 0. The van der Waals surface area contributed by atoms with Gasteiger partial charge in [0.25, 0.3) is 5.91 Å². The lowest BCUT2D eigenvalue weighted by molar-refractivity contribution is -0.141. The van der Waals surface area contributed by atoms with Crippen molar-refractivity contribution < 1.29 is 9.53 Å². The van der Waals surface area contributed by atoms with Crippen LogP contribution in [0.1, 0.15) is 25.4 Å². The summed E-state index contributed by atoms with van der Waals surface area (Å²) in [4.78, 5) is 20.7. The molecule has 5 nitrogen and oxygen atoms in total. The first-order valence-corrected chi connectivity index (χ1v) is 5.41. The highest BCUT2D eigenvalue weighted by molar-refractivity contribution is 5.80. The summed E-state index contributed by atoms with van der Waals surface area (Å²) in [7, 11) is 1.75. The van der Waals surface area contributed by atoms with Gasteiger partial charge in [-0.2, -0.15) is 0 Å². The van der Waals surface area contributed by atoms with Gasteiger partial charge in [-0.1, -0.05) is 0 Å². The SMILES string of the molecule is CCOC(C)C(=O)N(C)Cc1ncc(C)[nH]1. The van der Waals surface area contributed by atoms with E-state index >= 15 is 0 Å². The lowest BCUT2D eigenvalue weighted by atomic mass is 10.3. The number of rotatable bonds is 5. The van der Waals surface area contributed by atoms with Crippen LogP contribution in [0.5, 0.6) is 0 Å². The highest BCUT2D eigenvalue weighted by Crippen LogP contribution is 2.03. The summed E-state index contributed by atoms with van der Waals surface area (Å²) in [6.45, 7) is 6.58. The molecule has 0 aliphatic heterocycles. The van der Waals surface area contributed by atoms with Crippen LogP contribution in [0.2, 0.25) is 0 Å². The number of aromatic nitrogens is 2. The number of nitrogens with zero attached hydrogens (tertiary/aromatic N) is 2. The molecule has 5 heteroatoms. The zero-order valence-corrected chi connectivity index (χ0v) is 10.3. The van der Waals surface area contributed by atoms with Crippen LogP contribution in [0.4, 0.5) is 0 Å². The smallest absolute Gasteiger partial charge is 0.251 e. The van der Waals surface area contributed by atoms with Crippen molar-refractivity contribution in [3.05, 3.63) is 17.7 Å². The van der Waals surface area contributed by atoms with E-state index in [1.807, 2.05) is 13.8 Å². The molecule has 1 amide bonds. The second kappa shape index (κ2) is 5.65. The van der Waals surface area contributed by atoms with Crippen LogP contribution in [-0.2, 0) is 16.1 Å². The maximum Gasteiger partial charge on any atom is 0.251 e. The molecule has 0 fully saturated rings. The molecule has 0 saturated carbocycles. The molecule has 1 unspecified atom stereocenters. The van der Waals surface area contributed by atoms with Crippen LogP contribution in [0, 0.1) is 6.92 Å². The van der Waals surface area contributed by atoms with Crippen LogP contribution in [-0.4, -0.2) is 40.5 Å². The largest absolute Gasteiger partial charge is 0.369 e. The molecule has 0 bridgehead atoms. The molecule has 1 rings (SSSR count). The number of carbonyl (C=O) groups is 1. The number of carbonyl (C=O) groups excluding carboxylic acids is 1. The fourth-order valence-corrected chi connectivity index (χ4v) is 1.48. The summed E-state index contributed by atoms with van der Waals surface area (Å²) in [5.41, 5.74) is 0.994. The standard InChI is InChI=1S/C11H19N3O2/c1-5-16-9(3)11(15)14(4)7-10-12-6-8(2)13-10/h6,9H,5,7H2,1-4H3,(H,12,13). The van der Waals surface area contributed by atoms with Crippen molar-refractivity contribution >= 4 is 5.91 Å². The Morgan fingerprint density at radius 2 is 2.38 bits per heavy atom. The van der Waals surface area contributed by atoms with E-state index in [2.05, 4.69) is 9.97 Å². The minimum absolute atomic E-state index is 0.0316. The number of H-pyrrole nitrogens is 1. The minimum atomic E-state index is -0.397. The van der Waals surface area contributed by atoms with Gasteiger partial charge in [0.2, 0.25) is 0 Å². The molecule has 0 saturated heterocycles. The van der Waals surface area contributed by atoms with Crippen molar-refractivity contribution in [3.63, 3.8) is 0 Å². The molecule has 0 aliphatic rings. The molecule has 0 spiro atoms. The molecule has 1 heterocycles. The van der Waals surface area contributed by atoms with Crippen molar-refractivity contribution in [1.29, 1.82) is 0 Å². The Morgan fingerprint density at radius 1 is 1.69 bits per heavy atom. The number of hydrogen-bond acceptors (Lipinski definition) is 3. The third-order valence-electron chi connectivity index (χ3n) is 2.28. The van der Waals surface area contributed by atoms with Crippen molar-refractivity contribution in [2.24, 2.45) is 0 Å². The summed E-state index contributed by atoms with van der Waals surface area (Å²) in [5, 5.41) is 0. The normalized spacial score (nSPS) is 12.5. The van der Waals surface area contributed by atoms with E-state index in [0.29, 0.717) is 13.2 Å². The molecule has 0 radical (unpaired) electrons. The molecule has 0 aromatic carbocycles. The maximum absolute atomic E-state index is 11.8.